The summed E-state index contributed by atoms with van der Waals surface area (Å²) in [6.45, 7) is 0.0445. The number of aliphatic carboxylic acids is 1. The number of hydrogen-bond donors (Lipinski definition) is 2. The van der Waals surface area contributed by atoms with Crippen LogP contribution in [0.4, 0.5) is 0 Å². The maximum Gasteiger partial charge on any atom is 0.305 e. The van der Waals surface area contributed by atoms with Gasteiger partial charge in [0.05, 0.1) is 19.1 Å². The molecule has 0 aromatic heterocycles. The van der Waals surface area contributed by atoms with Gasteiger partial charge in [0, 0.05) is 24.4 Å². The van der Waals surface area contributed by atoms with Gasteiger partial charge in [0.15, 0.2) is 5.78 Å². The summed E-state index contributed by atoms with van der Waals surface area (Å²) < 4.78 is 5.07. The smallest absolute Gasteiger partial charge is 0.305 e. The molecule has 1 aromatic rings. The largest absolute Gasteiger partial charge is 0.496 e. The molecule has 0 aliphatic heterocycles. The number of hydrogen-bond acceptors (Lipinski definition) is 4. The van der Waals surface area contributed by atoms with Crippen molar-refractivity contribution >= 4 is 29.3 Å². The van der Waals surface area contributed by atoms with Crippen LogP contribution in [0.5, 0.6) is 5.75 Å². The number of carbonyl (C=O) groups excluding carboxylic acids is 2. The maximum atomic E-state index is 12.1. The van der Waals surface area contributed by atoms with E-state index in [4.69, 9.17) is 21.4 Å². The summed E-state index contributed by atoms with van der Waals surface area (Å²) in [6.07, 6.45) is -0.175. The second kappa shape index (κ2) is 8.26. The molecule has 2 N–H and O–H groups in total. The fraction of sp³-hybridized carbons (Fsp3) is 0.357. The lowest BCUT2D eigenvalue weighted by Gasteiger charge is -2.08. The molecule has 0 heterocycles. The van der Waals surface area contributed by atoms with Crippen LogP contribution < -0.4 is 10.1 Å². The Kier molecular flexibility index (Phi) is 6.68. The van der Waals surface area contributed by atoms with Crippen LogP contribution in [-0.4, -0.2) is 36.4 Å². The number of Topliss-reactive ketones (excluding diaryl/α,β-unsaturated/α-hetero) is 1. The molecule has 0 saturated heterocycles. The molecule has 0 spiro atoms. The Labute approximate surface area is 127 Å². The third-order valence-electron chi connectivity index (χ3n) is 2.70. The van der Waals surface area contributed by atoms with Crippen molar-refractivity contribution in [3.05, 3.63) is 28.8 Å². The number of carbonyl (C=O) groups is 3. The highest BCUT2D eigenvalue weighted by Gasteiger charge is 2.14. The molecule has 0 aliphatic carbocycles. The lowest BCUT2D eigenvalue weighted by molar-refractivity contribution is -0.136. The number of halogens is 1. The molecular weight excluding hydrogens is 298 g/mol. The van der Waals surface area contributed by atoms with E-state index in [0.29, 0.717) is 16.3 Å². The van der Waals surface area contributed by atoms with Gasteiger partial charge in [0.2, 0.25) is 5.91 Å². The molecule has 7 heteroatoms. The van der Waals surface area contributed by atoms with Crippen molar-refractivity contribution in [1.29, 1.82) is 0 Å². The number of nitrogens with one attached hydrogen (secondary N) is 1. The lowest BCUT2D eigenvalue weighted by Crippen LogP contribution is -2.26. The summed E-state index contributed by atoms with van der Waals surface area (Å²) in [4.78, 5) is 33.8. The standard InChI is InChI=1S/C14H16ClNO5/c1-21-12-4-2-9(15)8-10(12)11(17)3-5-13(18)16-7-6-14(19)20/h2,4,8H,3,5-7H2,1H3,(H,16,18)(H,19,20). The van der Waals surface area contributed by atoms with Crippen LogP contribution in [0.3, 0.4) is 0 Å². The van der Waals surface area contributed by atoms with Gasteiger partial charge in [-0.1, -0.05) is 11.6 Å². The molecule has 0 aliphatic rings. The quantitative estimate of drug-likeness (QED) is 0.715. The van der Waals surface area contributed by atoms with E-state index in [0.717, 1.165) is 0 Å². The van der Waals surface area contributed by atoms with Gasteiger partial charge in [0.1, 0.15) is 5.75 Å². The number of carboxylic acids is 1. The minimum absolute atomic E-state index is 0.00436. The normalized spacial score (nSPS) is 10.0. The molecular formula is C14H16ClNO5. The molecule has 0 atom stereocenters. The van der Waals surface area contributed by atoms with Crippen LogP contribution in [0, 0.1) is 0 Å². The second-order valence-electron chi connectivity index (χ2n) is 4.26. The number of methoxy groups -OCH3 is 1. The van der Waals surface area contributed by atoms with Crippen LogP contribution in [0.25, 0.3) is 0 Å². The Morgan fingerprint density at radius 3 is 2.57 bits per heavy atom. The molecule has 0 unspecified atom stereocenters. The molecule has 1 aromatic carbocycles. The molecule has 1 amide bonds. The summed E-state index contributed by atoms with van der Waals surface area (Å²) >= 11 is 5.84. The zero-order valence-corrected chi connectivity index (χ0v) is 12.3. The van der Waals surface area contributed by atoms with Crippen molar-refractivity contribution in [2.45, 2.75) is 19.3 Å². The number of amides is 1. The van der Waals surface area contributed by atoms with E-state index in [-0.39, 0.29) is 37.5 Å². The molecule has 114 valence electrons. The van der Waals surface area contributed by atoms with E-state index < -0.39 is 5.97 Å². The van der Waals surface area contributed by atoms with Crippen molar-refractivity contribution in [2.24, 2.45) is 0 Å². The number of rotatable bonds is 8. The van der Waals surface area contributed by atoms with E-state index in [1.807, 2.05) is 0 Å². The molecule has 1 rings (SSSR count). The Morgan fingerprint density at radius 2 is 1.95 bits per heavy atom. The molecule has 0 radical (unpaired) electrons. The number of ketones is 1. The Balaban J connectivity index is 2.52. The number of benzene rings is 1. The topological polar surface area (TPSA) is 92.7 Å². The number of carboxylic acid groups (broad SMARTS) is 1. The highest BCUT2D eigenvalue weighted by Crippen LogP contribution is 2.24. The fourth-order valence-electron chi connectivity index (χ4n) is 1.66. The van der Waals surface area contributed by atoms with Gasteiger partial charge < -0.3 is 15.2 Å². The first kappa shape index (κ1) is 17.0. The van der Waals surface area contributed by atoms with Crippen LogP contribution in [0.2, 0.25) is 5.02 Å². The summed E-state index contributed by atoms with van der Waals surface area (Å²) in [5, 5.41) is 11.3. The van der Waals surface area contributed by atoms with Crippen molar-refractivity contribution in [2.75, 3.05) is 13.7 Å². The Morgan fingerprint density at radius 1 is 1.24 bits per heavy atom. The first-order valence-electron chi connectivity index (χ1n) is 6.29. The monoisotopic (exact) mass is 313 g/mol. The third-order valence-corrected chi connectivity index (χ3v) is 2.94. The van der Waals surface area contributed by atoms with Crippen LogP contribution in [-0.2, 0) is 9.59 Å². The van der Waals surface area contributed by atoms with Gasteiger partial charge in [0.25, 0.3) is 0 Å². The Bertz CT molecular complexity index is 544. The predicted molar refractivity (Wildman–Crippen MR) is 76.8 cm³/mol. The first-order valence-corrected chi connectivity index (χ1v) is 6.67. The fourth-order valence-corrected chi connectivity index (χ4v) is 1.83. The summed E-state index contributed by atoms with van der Waals surface area (Å²) in [5.41, 5.74) is 0.323. The first-order chi connectivity index (χ1) is 9.93. The zero-order valence-electron chi connectivity index (χ0n) is 11.5. The van der Waals surface area contributed by atoms with Gasteiger partial charge in [-0.25, -0.2) is 0 Å². The van der Waals surface area contributed by atoms with E-state index in [2.05, 4.69) is 5.32 Å². The maximum absolute atomic E-state index is 12.1. The highest BCUT2D eigenvalue weighted by molar-refractivity contribution is 6.31. The van der Waals surface area contributed by atoms with Crippen molar-refractivity contribution in [3.63, 3.8) is 0 Å². The molecule has 6 nitrogen and oxygen atoms in total. The van der Waals surface area contributed by atoms with Gasteiger partial charge in [-0.2, -0.15) is 0 Å². The van der Waals surface area contributed by atoms with Crippen molar-refractivity contribution < 1.29 is 24.2 Å². The molecule has 0 fully saturated rings. The minimum Gasteiger partial charge on any atom is -0.496 e. The van der Waals surface area contributed by atoms with Crippen molar-refractivity contribution in [1.82, 2.24) is 5.32 Å². The summed E-state index contributed by atoms with van der Waals surface area (Å²) in [7, 11) is 1.44. The molecule has 0 saturated carbocycles. The van der Waals surface area contributed by atoms with Crippen LogP contribution in [0.1, 0.15) is 29.6 Å². The third kappa shape index (κ3) is 5.83. The van der Waals surface area contributed by atoms with Crippen LogP contribution >= 0.6 is 11.6 Å². The Hall–Kier alpha value is -2.08. The average Bonchev–Trinajstić information content (AvgIpc) is 2.44. The SMILES string of the molecule is COc1ccc(Cl)cc1C(=O)CCC(=O)NCCC(=O)O. The summed E-state index contributed by atoms with van der Waals surface area (Å²) in [5.74, 6) is -1.22. The van der Waals surface area contributed by atoms with Crippen LogP contribution in [0.15, 0.2) is 18.2 Å². The van der Waals surface area contributed by atoms with Crippen molar-refractivity contribution in [3.8, 4) is 5.75 Å². The van der Waals surface area contributed by atoms with E-state index in [1.165, 1.54) is 13.2 Å². The zero-order chi connectivity index (χ0) is 15.8. The molecule has 0 bridgehead atoms. The lowest BCUT2D eigenvalue weighted by atomic mass is 10.1. The van der Waals surface area contributed by atoms with Gasteiger partial charge >= 0.3 is 5.97 Å². The number of ether oxygens (including phenoxy) is 1. The highest BCUT2D eigenvalue weighted by atomic mass is 35.5. The second-order valence-corrected chi connectivity index (χ2v) is 4.70. The summed E-state index contributed by atoms with van der Waals surface area (Å²) in [6, 6.07) is 4.68. The minimum atomic E-state index is -0.991. The average molecular weight is 314 g/mol. The van der Waals surface area contributed by atoms with Gasteiger partial charge in [-0.05, 0) is 18.2 Å². The van der Waals surface area contributed by atoms with Gasteiger partial charge in [-0.3, -0.25) is 14.4 Å². The molecule has 21 heavy (non-hydrogen) atoms. The van der Waals surface area contributed by atoms with E-state index in [9.17, 15) is 14.4 Å². The predicted octanol–water partition coefficient (Wildman–Crippen LogP) is 1.90. The van der Waals surface area contributed by atoms with E-state index in [1.54, 1.807) is 12.1 Å². The van der Waals surface area contributed by atoms with E-state index >= 15 is 0 Å². The van der Waals surface area contributed by atoms with Gasteiger partial charge in [-0.15, -0.1) is 0 Å².